The van der Waals surface area contributed by atoms with Crippen LogP contribution in [0.2, 0.25) is 0 Å². The molecule has 7 aromatic rings. The summed E-state index contributed by atoms with van der Waals surface area (Å²) in [7, 11) is 0. The molecule has 0 bridgehead atoms. The average molecular weight is 591 g/mol. The van der Waals surface area contributed by atoms with Crippen molar-refractivity contribution in [3.63, 3.8) is 0 Å². The molecule has 3 nitrogen and oxygen atoms in total. The molecule has 46 heavy (non-hydrogen) atoms. The fourth-order valence-corrected chi connectivity index (χ4v) is 7.12. The van der Waals surface area contributed by atoms with Gasteiger partial charge in [0.1, 0.15) is 17.0 Å². The Hall–Kier alpha value is -5.80. The van der Waals surface area contributed by atoms with E-state index in [4.69, 9.17) is 14.4 Å². The molecule has 0 radical (unpaired) electrons. The molecule has 9 rings (SSSR count). The number of hydrogen-bond donors (Lipinski definition) is 0. The van der Waals surface area contributed by atoms with Crippen molar-refractivity contribution < 1.29 is 4.42 Å². The lowest BCUT2D eigenvalue weighted by Crippen LogP contribution is -2.20. The summed E-state index contributed by atoms with van der Waals surface area (Å²) in [5, 5.41) is 2.20. The van der Waals surface area contributed by atoms with E-state index in [-0.39, 0.29) is 5.92 Å². The minimum atomic E-state index is 0.00628. The third-order valence-electron chi connectivity index (χ3n) is 9.34. The molecule has 1 aliphatic carbocycles. The maximum Gasteiger partial charge on any atom is 0.137 e. The molecule has 2 aliphatic rings. The second kappa shape index (κ2) is 11.0. The minimum absolute atomic E-state index is 0.00628. The van der Waals surface area contributed by atoms with E-state index in [1.54, 1.807) is 0 Å². The number of para-hydroxylation sites is 1. The third kappa shape index (κ3) is 4.52. The van der Waals surface area contributed by atoms with E-state index in [0.717, 1.165) is 56.7 Å². The predicted molar refractivity (Wildman–Crippen MR) is 190 cm³/mol. The van der Waals surface area contributed by atoms with Gasteiger partial charge in [0.15, 0.2) is 0 Å². The number of fused-ring (bicyclic) bond motifs is 6. The summed E-state index contributed by atoms with van der Waals surface area (Å²) in [6.45, 7) is 0. The molecule has 6 aromatic carbocycles. The second-order valence-corrected chi connectivity index (χ2v) is 12.0. The van der Waals surface area contributed by atoms with E-state index < -0.39 is 0 Å². The quantitative estimate of drug-likeness (QED) is 0.201. The molecular formula is C43H30N2O. The van der Waals surface area contributed by atoms with Crippen LogP contribution in [0.1, 0.15) is 34.6 Å². The van der Waals surface area contributed by atoms with Crippen molar-refractivity contribution in [3.05, 3.63) is 174 Å². The lowest BCUT2D eigenvalue weighted by atomic mass is 9.77. The Bertz CT molecular complexity index is 2360. The molecule has 0 saturated carbocycles. The van der Waals surface area contributed by atoms with Gasteiger partial charge >= 0.3 is 0 Å². The highest BCUT2D eigenvalue weighted by molar-refractivity contribution is 6.15. The van der Waals surface area contributed by atoms with Gasteiger partial charge in [-0.2, -0.15) is 0 Å². The van der Waals surface area contributed by atoms with Gasteiger partial charge in [-0.25, -0.2) is 9.98 Å². The zero-order valence-corrected chi connectivity index (χ0v) is 25.2. The maximum atomic E-state index is 6.27. The fraction of sp³-hybridized carbons (Fsp3) is 0.0698. The summed E-state index contributed by atoms with van der Waals surface area (Å²) in [6.07, 6.45) is 3.76. The summed E-state index contributed by atoms with van der Waals surface area (Å²) >= 11 is 0. The number of benzene rings is 6. The van der Waals surface area contributed by atoms with E-state index in [2.05, 4.69) is 133 Å². The Morgan fingerprint density at radius 2 is 1.26 bits per heavy atom. The molecular weight excluding hydrogens is 560 g/mol. The SMILES string of the molecule is C1=C(c2cccc3oc4ccccc4c23)N=C(C2Cc3ccc(-c4ccccc4)cc3-c3ccccc32)N=C(c2ccccc2)C1. The number of rotatable bonds is 4. The first-order valence-electron chi connectivity index (χ1n) is 15.9. The summed E-state index contributed by atoms with van der Waals surface area (Å²) in [6, 6.07) is 51.4. The van der Waals surface area contributed by atoms with Gasteiger partial charge in [-0.1, -0.05) is 133 Å². The van der Waals surface area contributed by atoms with Gasteiger partial charge in [-0.3, -0.25) is 0 Å². The minimum Gasteiger partial charge on any atom is -0.456 e. The highest BCUT2D eigenvalue weighted by Crippen LogP contribution is 2.43. The van der Waals surface area contributed by atoms with Crippen molar-refractivity contribution >= 4 is 39.2 Å². The van der Waals surface area contributed by atoms with Crippen molar-refractivity contribution in [3.8, 4) is 22.3 Å². The zero-order valence-electron chi connectivity index (χ0n) is 25.2. The first-order chi connectivity index (χ1) is 22.8. The number of nitrogens with zero attached hydrogens (tertiary/aromatic N) is 2. The molecule has 2 heterocycles. The van der Waals surface area contributed by atoms with Crippen LogP contribution in [-0.2, 0) is 6.42 Å². The van der Waals surface area contributed by atoms with Crippen LogP contribution < -0.4 is 0 Å². The second-order valence-electron chi connectivity index (χ2n) is 12.0. The van der Waals surface area contributed by atoms with E-state index in [0.29, 0.717) is 6.42 Å². The summed E-state index contributed by atoms with van der Waals surface area (Å²) in [5.74, 6) is 0.851. The maximum absolute atomic E-state index is 6.27. The Morgan fingerprint density at radius 3 is 2.13 bits per heavy atom. The van der Waals surface area contributed by atoms with Gasteiger partial charge in [0, 0.05) is 28.7 Å². The van der Waals surface area contributed by atoms with Crippen LogP contribution in [0.5, 0.6) is 0 Å². The van der Waals surface area contributed by atoms with Crippen LogP contribution in [0.3, 0.4) is 0 Å². The van der Waals surface area contributed by atoms with E-state index in [9.17, 15) is 0 Å². The first kappa shape index (κ1) is 26.6. The number of furan rings is 1. The summed E-state index contributed by atoms with van der Waals surface area (Å²) < 4.78 is 6.27. The molecule has 1 aliphatic heterocycles. The topological polar surface area (TPSA) is 37.9 Å². The third-order valence-corrected chi connectivity index (χ3v) is 9.34. The molecule has 0 saturated heterocycles. The molecule has 0 N–H and O–H groups in total. The molecule has 0 amide bonds. The summed E-state index contributed by atoms with van der Waals surface area (Å²) in [5.41, 5.74) is 13.5. The van der Waals surface area contributed by atoms with Gasteiger partial charge in [0.25, 0.3) is 0 Å². The standard InChI is InChI=1S/C43H30N2O/c1-3-12-28(13-4-1)30-22-23-31-27-37(33-17-8-7-16-32(33)36(31)26-30)43-44-38(29-14-5-2-6-15-29)24-25-39(45-43)34-19-11-21-41-42(34)35-18-9-10-20-40(35)46-41/h1-23,25-26,37H,24,27H2. The smallest absolute Gasteiger partial charge is 0.137 e. The van der Waals surface area contributed by atoms with Gasteiger partial charge in [-0.15, -0.1) is 0 Å². The number of allylic oxidation sites excluding steroid dienone is 1. The molecule has 1 aromatic heterocycles. The normalized spacial score (nSPS) is 15.8. The van der Waals surface area contributed by atoms with E-state index in [1.807, 2.05) is 18.2 Å². The van der Waals surface area contributed by atoms with Crippen LogP contribution in [0.25, 0.3) is 49.9 Å². The largest absolute Gasteiger partial charge is 0.456 e. The lowest BCUT2D eigenvalue weighted by Gasteiger charge is -2.28. The highest BCUT2D eigenvalue weighted by Gasteiger charge is 2.30. The number of aliphatic imine (C=N–C) groups is 2. The van der Waals surface area contributed by atoms with Crippen molar-refractivity contribution in [2.75, 3.05) is 0 Å². The molecule has 1 atom stereocenters. The molecule has 1 unspecified atom stereocenters. The molecule has 0 fully saturated rings. The molecule has 0 spiro atoms. The van der Waals surface area contributed by atoms with Crippen LogP contribution in [0.15, 0.2) is 166 Å². The first-order valence-corrected chi connectivity index (χ1v) is 15.9. The predicted octanol–water partition coefficient (Wildman–Crippen LogP) is 10.9. The van der Waals surface area contributed by atoms with Gasteiger partial charge in [0.05, 0.1) is 11.4 Å². The van der Waals surface area contributed by atoms with Crippen molar-refractivity contribution in [1.82, 2.24) is 0 Å². The Kier molecular flexibility index (Phi) is 6.34. The average Bonchev–Trinajstić information content (AvgIpc) is 3.37. The Balaban J connectivity index is 1.22. The van der Waals surface area contributed by atoms with Gasteiger partial charge in [-0.05, 0) is 63.6 Å². The van der Waals surface area contributed by atoms with E-state index >= 15 is 0 Å². The number of hydrogen-bond acceptors (Lipinski definition) is 3. The monoisotopic (exact) mass is 590 g/mol. The Morgan fingerprint density at radius 1 is 0.543 bits per heavy atom. The van der Waals surface area contributed by atoms with Crippen LogP contribution in [-0.4, -0.2) is 11.5 Å². The van der Waals surface area contributed by atoms with Gasteiger partial charge < -0.3 is 4.42 Å². The summed E-state index contributed by atoms with van der Waals surface area (Å²) in [4.78, 5) is 10.9. The van der Waals surface area contributed by atoms with Crippen LogP contribution in [0.4, 0.5) is 0 Å². The van der Waals surface area contributed by atoms with Crippen molar-refractivity contribution in [2.45, 2.75) is 18.8 Å². The van der Waals surface area contributed by atoms with Crippen molar-refractivity contribution in [1.29, 1.82) is 0 Å². The van der Waals surface area contributed by atoms with E-state index in [1.165, 1.54) is 33.4 Å². The molecule has 3 heteroatoms. The van der Waals surface area contributed by atoms with Crippen molar-refractivity contribution in [2.24, 2.45) is 9.98 Å². The fourth-order valence-electron chi connectivity index (χ4n) is 7.12. The lowest BCUT2D eigenvalue weighted by molar-refractivity contribution is 0.669. The molecule has 218 valence electrons. The van der Waals surface area contributed by atoms with Crippen LogP contribution >= 0.6 is 0 Å². The van der Waals surface area contributed by atoms with Crippen LogP contribution in [0, 0.1) is 0 Å². The Labute approximate surface area is 267 Å². The highest BCUT2D eigenvalue weighted by atomic mass is 16.3. The van der Waals surface area contributed by atoms with Gasteiger partial charge in [0.2, 0.25) is 0 Å². The number of amidine groups is 1. The zero-order chi connectivity index (χ0) is 30.5.